The lowest BCUT2D eigenvalue weighted by Gasteiger charge is -2.19. The number of ether oxygens (including phenoxy) is 1. The molecule has 4 aromatic heterocycles. The van der Waals surface area contributed by atoms with Gasteiger partial charge in [0.15, 0.2) is 0 Å². The molecule has 0 spiro atoms. The molecule has 0 radical (unpaired) electrons. The van der Waals surface area contributed by atoms with Gasteiger partial charge in [0, 0.05) is 54.4 Å². The quantitative estimate of drug-likeness (QED) is 0.165. The second-order valence-electron chi connectivity index (χ2n) is 16.0. The van der Waals surface area contributed by atoms with Crippen LogP contribution in [0.15, 0.2) is 140 Å². The Morgan fingerprint density at radius 2 is 1.20 bits per heavy atom. The Morgan fingerprint density at radius 3 is 1.91 bits per heavy atom. The van der Waals surface area contributed by atoms with Gasteiger partial charge in [-0.15, -0.1) is 0 Å². The third-order valence-electron chi connectivity index (χ3n) is 10.7. The first-order valence-electron chi connectivity index (χ1n) is 20.0. The Morgan fingerprint density at radius 1 is 0.564 bits per heavy atom. The van der Waals surface area contributed by atoms with E-state index in [0.717, 1.165) is 83.3 Å². The number of pyridine rings is 2. The zero-order valence-electron chi connectivity index (χ0n) is 34.5. The molecule has 0 aliphatic heterocycles. The van der Waals surface area contributed by atoms with Gasteiger partial charge in [-0.1, -0.05) is 115 Å². The van der Waals surface area contributed by atoms with E-state index >= 15 is 0 Å². The lowest BCUT2D eigenvalue weighted by atomic mass is 9.87. The molecule has 0 fully saturated rings. The maximum atomic E-state index is 9.21. The van der Waals surface area contributed by atoms with Crippen LogP contribution in [0.25, 0.3) is 66.4 Å². The lowest BCUT2D eigenvalue weighted by molar-refractivity contribution is 0.483. The van der Waals surface area contributed by atoms with Gasteiger partial charge in [0.05, 0.1) is 33.4 Å². The molecule has 5 heteroatoms. The summed E-state index contributed by atoms with van der Waals surface area (Å²) in [6, 6.07) is 43.6. The van der Waals surface area contributed by atoms with Crippen molar-refractivity contribution in [2.75, 3.05) is 0 Å². The number of rotatable bonds is 7. The third kappa shape index (κ3) is 5.95. The summed E-state index contributed by atoms with van der Waals surface area (Å²) in [5.41, 5.74) is 9.85. The summed E-state index contributed by atoms with van der Waals surface area (Å²) in [6.45, 7) is 14.4. The first-order chi connectivity index (χ1) is 27.2. The van der Waals surface area contributed by atoms with E-state index in [1.807, 2.05) is 82.6 Å². The fraction of sp³-hybridized carbons (Fsp3) is 0.200. The van der Waals surface area contributed by atoms with Crippen LogP contribution in [-0.4, -0.2) is 19.1 Å². The van der Waals surface area contributed by atoms with Gasteiger partial charge >= 0.3 is 0 Å². The summed E-state index contributed by atoms with van der Waals surface area (Å²) in [6.07, 6.45) is 3.74. The van der Waals surface area contributed by atoms with Crippen LogP contribution in [0, 0.1) is 0 Å². The molecule has 272 valence electrons. The van der Waals surface area contributed by atoms with Crippen molar-refractivity contribution in [3.8, 4) is 34.3 Å². The molecule has 5 nitrogen and oxygen atoms in total. The normalized spacial score (nSPS) is 13.1. The van der Waals surface area contributed by atoms with Crippen molar-refractivity contribution in [2.45, 2.75) is 65.7 Å². The van der Waals surface area contributed by atoms with Crippen molar-refractivity contribution >= 4 is 43.6 Å². The van der Waals surface area contributed by atoms with Gasteiger partial charge in [-0.25, -0.2) is 4.98 Å². The van der Waals surface area contributed by atoms with Crippen LogP contribution in [0.1, 0.15) is 79.7 Å². The molecule has 9 rings (SSSR count). The Bertz CT molecular complexity index is 2940. The molecule has 4 heterocycles. The molecule has 0 saturated carbocycles. The molecule has 0 aliphatic carbocycles. The average Bonchev–Trinajstić information content (AvgIpc) is 3.70. The first kappa shape index (κ1) is 32.2. The molecular formula is C50H46N4O. The van der Waals surface area contributed by atoms with Crippen LogP contribution in [0.5, 0.6) is 11.5 Å². The number of fused-ring (bicyclic) bond motifs is 6. The number of para-hydroxylation sites is 3. The van der Waals surface area contributed by atoms with Crippen LogP contribution in [0.3, 0.4) is 0 Å². The SMILES string of the molecule is [2H]C(C)(C)c1cccc2c3cccc(C([2H])(C)C)c3n(-c3ccnc(-n4c5ccccc5c5ccc(Oc6cccc(-c7cc(C(C)(C)C)ccn7)c6)cc54)c3)c12. The van der Waals surface area contributed by atoms with Gasteiger partial charge in [0.1, 0.15) is 17.3 Å². The average molecular weight is 721 g/mol. The van der Waals surface area contributed by atoms with Gasteiger partial charge < -0.3 is 9.30 Å². The highest BCUT2D eigenvalue weighted by Crippen LogP contribution is 2.41. The van der Waals surface area contributed by atoms with Crippen molar-refractivity contribution in [1.82, 2.24) is 19.1 Å². The van der Waals surface area contributed by atoms with E-state index in [-0.39, 0.29) is 5.41 Å². The predicted molar refractivity (Wildman–Crippen MR) is 230 cm³/mol. The molecule has 9 aromatic rings. The topological polar surface area (TPSA) is 44.9 Å². The fourth-order valence-electron chi connectivity index (χ4n) is 8.02. The molecule has 0 atom stereocenters. The van der Waals surface area contributed by atoms with Gasteiger partial charge in [0.2, 0.25) is 0 Å². The minimum absolute atomic E-state index is 0.0150. The van der Waals surface area contributed by atoms with Crippen LogP contribution in [0.2, 0.25) is 0 Å². The van der Waals surface area contributed by atoms with Crippen LogP contribution in [-0.2, 0) is 5.41 Å². The van der Waals surface area contributed by atoms with Crippen LogP contribution >= 0.6 is 0 Å². The number of nitrogens with zero attached hydrogens (tertiary/aromatic N) is 4. The fourth-order valence-corrected chi connectivity index (χ4v) is 8.02. The Labute approximate surface area is 325 Å². The minimum atomic E-state index is -0.867. The molecule has 0 N–H and O–H groups in total. The molecule has 0 saturated heterocycles. The van der Waals surface area contributed by atoms with Crippen molar-refractivity contribution in [3.05, 3.63) is 156 Å². The number of aromatic nitrogens is 4. The molecule has 55 heavy (non-hydrogen) atoms. The van der Waals surface area contributed by atoms with Gasteiger partial charge in [-0.2, -0.15) is 0 Å². The summed E-state index contributed by atoms with van der Waals surface area (Å²) >= 11 is 0. The second kappa shape index (κ2) is 13.3. The molecule has 0 amide bonds. The van der Waals surface area contributed by atoms with Crippen molar-refractivity contribution in [3.63, 3.8) is 0 Å². The van der Waals surface area contributed by atoms with E-state index in [2.05, 4.69) is 120 Å². The number of hydrogen-bond donors (Lipinski definition) is 0. The van der Waals surface area contributed by atoms with Crippen LogP contribution < -0.4 is 4.74 Å². The second-order valence-corrected chi connectivity index (χ2v) is 16.0. The van der Waals surface area contributed by atoms with Crippen molar-refractivity contribution in [1.29, 1.82) is 0 Å². The highest BCUT2D eigenvalue weighted by molar-refractivity contribution is 6.12. The highest BCUT2D eigenvalue weighted by atomic mass is 16.5. The molecule has 0 bridgehead atoms. The molecule has 5 aromatic carbocycles. The van der Waals surface area contributed by atoms with Crippen LogP contribution in [0.4, 0.5) is 0 Å². The lowest BCUT2D eigenvalue weighted by Crippen LogP contribution is -2.11. The molecule has 0 unspecified atom stereocenters. The zero-order valence-corrected chi connectivity index (χ0v) is 32.5. The Hall–Kier alpha value is -6.20. The highest BCUT2D eigenvalue weighted by Gasteiger charge is 2.22. The summed E-state index contributed by atoms with van der Waals surface area (Å²) in [4.78, 5) is 9.69. The standard InChI is InChI=1S/C50H46N4O/c1-31(2)38-16-11-18-42-43-19-12-17-39(32(3)4)49(43)53(48(38)42)35-24-26-52-47(29-35)54-45-20-9-8-15-40(45)41-22-21-37(30-46(41)54)55-36-14-10-13-33(27-36)44-28-34(23-25-51-44)50(5,6)7/h8-32H,1-7H3/i31D,32D. The predicted octanol–water partition coefficient (Wildman–Crippen LogP) is 13.7. The maximum Gasteiger partial charge on any atom is 0.139 e. The van der Waals surface area contributed by atoms with E-state index in [1.54, 1.807) is 0 Å². The van der Waals surface area contributed by atoms with Gasteiger partial charge in [-0.3, -0.25) is 9.55 Å². The minimum Gasteiger partial charge on any atom is -0.457 e. The summed E-state index contributed by atoms with van der Waals surface area (Å²) in [7, 11) is 0. The van der Waals surface area contributed by atoms with Gasteiger partial charge in [0.25, 0.3) is 0 Å². The van der Waals surface area contributed by atoms with E-state index < -0.39 is 11.8 Å². The van der Waals surface area contributed by atoms with E-state index in [1.165, 1.54) is 5.56 Å². The number of benzene rings is 5. The molecule has 0 aliphatic rings. The Kier molecular flexibility index (Phi) is 7.78. The molecular weight excluding hydrogens is 673 g/mol. The monoisotopic (exact) mass is 720 g/mol. The summed E-state index contributed by atoms with van der Waals surface area (Å²) < 4.78 is 29.5. The van der Waals surface area contributed by atoms with E-state index in [9.17, 15) is 2.74 Å². The van der Waals surface area contributed by atoms with Gasteiger partial charge in [-0.05, 0) is 82.4 Å². The zero-order chi connectivity index (χ0) is 39.9. The van der Waals surface area contributed by atoms with Crippen molar-refractivity contribution < 1.29 is 7.48 Å². The first-order valence-corrected chi connectivity index (χ1v) is 19.0. The Balaban J connectivity index is 1.21. The van der Waals surface area contributed by atoms with Crippen molar-refractivity contribution in [2.24, 2.45) is 0 Å². The third-order valence-corrected chi connectivity index (χ3v) is 10.7. The van der Waals surface area contributed by atoms with E-state index in [0.29, 0.717) is 5.75 Å². The van der Waals surface area contributed by atoms with E-state index in [4.69, 9.17) is 9.72 Å². The maximum absolute atomic E-state index is 9.21. The number of hydrogen-bond acceptors (Lipinski definition) is 3. The summed E-state index contributed by atoms with van der Waals surface area (Å²) in [5.74, 6) is 0.457. The largest absolute Gasteiger partial charge is 0.457 e. The summed E-state index contributed by atoms with van der Waals surface area (Å²) in [5, 5.41) is 4.34. The smallest absolute Gasteiger partial charge is 0.139 e.